The number of benzene rings is 2. The van der Waals surface area contributed by atoms with Crippen molar-refractivity contribution in [2.45, 2.75) is 13.0 Å². The zero-order chi connectivity index (χ0) is 21.2. The van der Waals surface area contributed by atoms with Gasteiger partial charge >= 0.3 is 0 Å². The van der Waals surface area contributed by atoms with Gasteiger partial charge in [-0.3, -0.25) is 9.10 Å². The third-order valence-corrected chi connectivity index (χ3v) is 6.20. The maximum absolute atomic E-state index is 12.6. The second-order valence-corrected chi connectivity index (χ2v) is 9.28. The Balaban J connectivity index is 1.74. The maximum atomic E-state index is 12.6. The standard InChI is InChI=1S/C19H20Cl2N2O5S/c1-12(13-3-6-17-18(9-13)28-8-7-27-17)22-19(24)11-23(29(2,25)26)14-4-5-15(20)16(21)10-14/h3-6,9-10,12H,7-8,11H2,1-2H3,(H,22,24)/t12-/m0/s1. The Kier molecular flexibility index (Phi) is 6.45. The van der Waals surface area contributed by atoms with Crippen molar-refractivity contribution in [3.05, 3.63) is 52.0 Å². The summed E-state index contributed by atoms with van der Waals surface area (Å²) in [5.41, 5.74) is 1.06. The van der Waals surface area contributed by atoms with Crippen molar-refractivity contribution < 1.29 is 22.7 Å². The second kappa shape index (κ2) is 8.69. The van der Waals surface area contributed by atoms with Gasteiger partial charge in [-0.2, -0.15) is 0 Å². The van der Waals surface area contributed by atoms with Crippen LogP contribution >= 0.6 is 23.2 Å². The number of carbonyl (C=O) groups excluding carboxylic acids is 1. The van der Waals surface area contributed by atoms with E-state index in [1.54, 1.807) is 19.1 Å². The minimum Gasteiger partial charge on any atom is -0.486 e. The van der Waals surface area contributed by atoms with Gasteiger partial charge in [-0.25, -0.2) is 8.42 Å². The molecule has 1 aliphatic rings. The first-order valence-corrected chi connectivity index (χ1v) is 11.4. The summed E-state index contributed by atoms with van der Waals surface area (Å²) < 4.78 is 36.5. The lowest BCUT2D eigenvalue weighted by Crippen LogP contribution is -2.41. The van der Waals surface area contributed by atoms with Gasteiger partial charge in [-0.05, 0) is 42.8 Å². The summed E-state index contributed by atoms with van der Waals surface area (Å²) in [6.45, 7) is 2.36. The van der Waals surface area contributed by atoms with Crippen LogP contribution in [0.15, 0.2) is 36.4 Å². The Morgan fingerprint density at radius 2 is 1.79 bits per heavy atom. The highest BCUT2D eigenvalue weighted by atomic mass is 35.5. The molecule has 1 heterocycles. The first-order chi connectivity index (χ1) is 13.6. The predicted octanol–water partition coefficient (Wildman–Crippen LogP) is 3.41. The van der Waals surface area contributed by atoms with Crippen LogP contribution in [0.4, 0.5) is 5.69 Å². The average Bonchev–Trinajstić information content (AvgIpc) is 2.67. The van der Waals surface area contributed by atoms with Crippen LogP contribution in [0.25, 0.3) is 0 Å². The number of fused-ring (bicyclic) bond motifs is 1. The monoisotopic (exact) mass is 458 g/mol. The van der Waals surface area contributed by atoms with E-state index in [1.807, 2.05) is 6.07 Å². The number of halogens is 2. The predicted molar refractivity (Wildman–Crippen MR) is 113 cm³/mol. The lowest BCUT2D eigenvalue weighted by atomic mass is 10.1. The van der Waals surface area contributed by atoms with Crippen LogP contribution in [0.2, 0.25) is 10.0 Å². The van der Waals surface area contributed by atoms with Crippen molar-refractivity contribution in [3.63, 3.8) is 0 Å². The third-order valence-electron chi connectivity index (χ3n) is 4.32. The number of hydrogen-bond donors (Lipinski definition) is 1. The summed E-state index contributed by atoms with van der Waals surface area (Å²) >= 11 is 11.9. The zero-order valence-electron chi connectivity index (χ0n) is 15.8. The molecule has 1 amide bonds. The van der Waals surface area contributed by atoms with E-state index in [0.29, 0.717) is 29.7 Å². The van der Waals surface area contributed by atoms with Crippen molar-refractivity contribution in [2.75, 3.05) is 30.3 Å². The fourth-order valence-corrected chi connectivity index (χ4v) is 4.01. The van der Waals surface area contributed by atoms with E-state index < -0.39 is 22.5 Å². The first kappa shape index (κ1) is 21.5. The van der Waals surface area contributed by atoms with Crippen LogP contribution in [0.5, 0.6) is 11.5 Å². The van der Waals surface area contributed by atoms with Crippen LogP contribution in [0.1, 0.15) is 18.5 Å². The number of hydrogen-bond acceptors (Lipinski definition) is 5. The van der Waals surface area contributed by atoms with Gasteiger partial charge < -0.3 is 14.8 Å². The van der Waals surface area contributed by atoms with Crippen LogP contribution in [-0.2, 0) is 14.8 Å². The molecule has 1 atom stereocenters. The fraction of sp³-hybridized carbons (Fsp3) is 0.316. The zero-order valence-corrected chi connectivity index (χ0v) is 18.1. The molecule has 29 heavy (non-hydrogen) atoms. The van der Waals surface area contributed by atoms with Crippen LogP contribution in [0.3, 0.4) is 0 Å². The number of ether oxygens (including phenoxy) is 2. The number of sulfonamides is 1. The molecule has 2 aromatic rings. The number of anilines is 1. The number of rotatable bonds is 6. The van der Waals surface area contributed by atoms with Crippen molar-refractivity contribution >= 4 is 44.8 Å². The van der Waals surface area contributed by atoms with E-state index in [-0.39, 0.29) is 16.8 Å². The Hall–Kier alpha value is -2.16. The molecule has 0 aromatic heterocycles. The quantitative estimate of drug-likeness (QED) is 0.716. The summed E-state index contributed by atoms with van der Waals surface area (Å²) in [6, 6.07) is 9.42. The summed E-state index contributed by atoms with van der Waals surface area (Å²) in [7, 11) is -3.72. The normalized spacial score (nSPS) is 14.2. The lowest BCUT2D eigenvalue weighted by Gasteiger charge is -2.24. The van der Waals surface area contributed by atoms with Crippen LogP contribution < -0.4 is 19.1 Å². The summed E-state index contributed by atoms with van der Waals surface area (Å²) in [5, 5.41) is 3.29. The summed E-state index contributed by atoms with van der Waals surface area (Å²) in [6.07, 6.45) is 1.02. The molecular weight excluding hydrogens is 439 g/mol. The highest BCUT2D eigenvalue weighted by Crippen LogP contribution is 2.32. The molecule has 0 bridgehead atoms. The molecule has 156 valence electrons. The molecule has 0 saturated heterocycles. The topological polar surface area (TPSA) is 84.9 Å². The Morgan fingerprint density at radius 3 is 2.45 bits per heavy atom. The number of nitrogens with one attached hydrogen (secondary N) is 1. The minimum atomic E-state index is -3.72. The largest absolute Gasteiger partial charge is 0.486 e. The van der Waals surface area contributed by atoms with Crippen LogP contribution in [-0.4, -0.2) is 40.3 Å². The summed E-state index contributed by atoms with van der Waals surface area (Å²) in [5.74, 6) is 0.800. The Bertz CT molecular complexity index is 1030. The fourth-order valence-electron chi connectivity index (χ4n) is 2.87. The Morgan fingerprint density at radius 1 is 1.10 bits per heavy atom. The highest BCUT2D eigenvalue weighted by molar-refractivity contribution is 7.92. The van der Waals surface area contributed by atoms with E-state index in [9.17, 15) is 13.2 Å². The number of nitrogens with zero attached hydrogens (tertiary/aromatic N) is 1. The van der Waals surface area contributed by atoms with Crippen molar-refractivity contribution in [1.82, 2.24) is 5.32 Å². The van der Waals surface area contributed by atoms with Gasteiger partial charge in [0.2, 0.25) is 15.9 Å². The minimum absolute atomic E-state index is 0.197. The van der Waals surface area contributed by atoms with Gasteiger partial charge in [0, 0.05) is 0 Å². The van der Waals surface area contributed by atoms with E-state index in [4.69, 9.17) is 32.7 Å². The van der Waals surface area contributed by atoms with Gasteiger partial charge in [-0.15, -0.1) is 0 Å². The van der Waals surface area contributed by atoms with Crippen molar-refractivity contribution in [2.24, 2.45) is 0 Å². The highest BCUT2D eigenvalue weighted by Gasteiger charge is 2.23. The SMILES string of the molecule is C[C@H](NC(=O)CN(c1ccc(Cl)c(Cl)c1)S(C)(=O)=O)c1ccc2c(c1)OCCO2. The molecule has 0 spiro atoms. The van der Waals surface area contributed by atoms with Crippen molar-refractivity contribution in [1.29, 1.82) is 0 Å². The van der Waals surface area contributed by atoms with Gasteiger partial charge in [0.15, 0.2) is 11.5 Å². The summed E-state index contributed by atoms with van der Waals surface area (Å²) in [4.78, 5) is 12.6. The smallest absolute Gasteiger partial charge is 0.241 e. The average molecular weight is 459 g/mol. The molecule has 1 aliphatic heterocycles. The lowest BCUT2D eigenvalue weighted by molar-refractivity contribution is -0.120. The van der Waals surface area contributed by atoms with E-state index in [2.05, 4.69) is 5.32 Å². The first-order valence-electron chi connectivity index (χ1n) is 8.77. The van der Waals surface area contributed by atoms with E-state index >= 15 is 0 Å². The maximum Gasteiger partial charge on any atom is 0.241 e. The van der Waals surface area contributed by atoms with Gasteiger partial charge in [-0.1, -0.05) is 29.3 Å². The van der Waals surface area contributed by atoms with Gasteiger partial charge in [0.25, 0.3) is 0 Å². The van der Waals surface area contributed by atoms with E-state index in [1.165, 1.54) is 18.2 Å². The van der Waals surface area contributed by atoms with Gasteiger partial charge in [0.1, 0.15) is 19.8 Å². The number of carbonyl (C=O) groups is 1. The molecule has 0 fully saturated rings. The molecular formula is C19H20Cl2N2O5S. The van der Waals surface area contributed by atoms with Gasteiger partial charge in [0.05, 0.1) is 28.0 Å². The Labute approximate surface area is 179 Å². The molecule has 1 N–H and O–H groups in total. The molecule has 0 radical (unpaired) electrons. The van der Waals surface area contributed by atoms with Crippen molar-refractivity contribution in [3.8, 4) is 11.5 Å². The molecule has 0 unspecified atom stereocenters. The second-order valence-electron chi connectivity index (χ2n) is 6.56. The third kappa shape index (κ3) is 5.26. The molecule has 3 rings (SSSR count). The number of amides is 1. The van der Waals surface area contributed by atoms with Crippen LogP contribution in [0, 0.1) is 0 Å². The molecule has 7 nitrogen and oxygen atoms in total. The van der Waals surface area contributed by atoms with E-state index in [0.717, 1.165) is 16.1 Å². The molecule has 2 aromatic carbocycles. The molecule has 10 heteroatoms. The molecule has 0 saturated carbocycles. The molecule has 0 aliphatic carbocycles.